The molecular formula is C19H25BrCl2N2O. The van der Waals surface area contributed by atoms with Gasteiger partial charge < -0.3 is 10.1 Å². The van der Waals surface area contributed by atoms with E-state index < -0.39 is 0 Å². The van der Waals surface area contributed by atoms with Gasteiger partial charge in [-0.1, -0.05) is 40.2 Å². The van der Waals surface area contributed by atoms with Crippen LogP contribution in [-0.2, 0) is 6.54 Å². The van der Waals surface area contributed by atoms with E-state index in [4.69, 9.17) is 4.74 Å². The predicted molar refractivity (Wildman–Crippen MR) is 113 cm³/mol. The van der Waals surface area contributed by atoms with Crippen LogP contribution in [-0.4, -0.2) is 31.1 Å². The van der Waals surface area contributed by atoms with E-state index in [2.05, 4.69) is 51.4 Å². The highest BCUT2D eigenvalue weighted by atomic mass is 79.9. The molecule has 0 unspecified atom stereocenters. The minimum atomic E-state index is 0. The van der Waals surface area contributed by atoms with Crippen molar-refractivity contribution in [3.8, 4) is 11.5 Å². The first-order chi connectivity index (χ1) is 11.2. The van der Waals surface area contributed by atoms with E-state index in [1.165, 1.54) is 18.4 Å². The van der Waals surface area contributed by atoms with Gasteiger partial charge in [0.25, 0.3) is 0 Å². The van der Waals surface area contributed by atoms with Crippen molar-refractivity contribution in [2.24, 2.45) is 0 Å². The first-order valence-electron chi connectivity index (χ1n) is 8.15. The van der Waals surface area contributed by atoms with Crippen molar-refractivity contribution in [1.82, 2.24) is 10.2 Å². The van der Waals surface area contributed by atoms with E-state index >= 15 is 0 Å². The summed E-state index contributed by atoms with van der Waals surface area (Å²) in [5.74, 6) is 1.81. The van der Waals surface area contributed by atoms with Crippen molar-refractivity contribution >= 4 is 40.7 Å². The summed E-state index contributed by atoms with van der Waals surface area (Å²) in [5, 5.41) is 3.38. The molecule has 1 N–H and O–H groups in total. The van der Waals surface area contributed by atoms with Crippen LogP contribution in [0.1, 0.15) is 18.4 Å². The van der Waals surface area contributed by atoms with E-state index in [1.807, 2.05) is 30.3 Å². The van der Waals surface area contributed by atoms with Crippen molar-refractivity contribution in [3.63, 3.8) is 0 Å². The average molecular weight is 448 g/mol. The molecule has 0 amide bonds. The van der Waals surface area contributed by atoms with Crippen molar-refractivity contribution < 1.29 is 4.74 Å². The molecule has 0 spiro atoms. The van der Waals surface area contributed by atoms with Gasteiger partial charge >= 0.3 is 0 Å². The molecule has 1 heterocycles. The second-order valence-corrected chi connectivity index (χ2v) is 6.92. The zero-order chi connectivity index (χ0) is 16.1. The zero-order valence-electron chi connectivity index (χ0n) is 14.3. The van der Waals surface area contributed by atoms with Gasteiger partial charge in [-0.2, -0.15) is 0 Å². The number of hydrogen-bond donors (Lipinski definition) is 1. The Kier molecular flexibility index (Phi) is 9.83. The fraction of sp³-hybridized carbons (Fsp3) is 0.368. The third-order valence-corrected chi connectivity index (χ3v) is 4.88. The fourth-order valence-electron chi connectivity index (χ4n) is 2.99. The van der Waals surface area contributed by atoms with Crippen molar-refractivity contribution in [2.75, 3.05) is 20.1 Å². The molecule has 2 aromatic carbocycles. The van der Waals surface area contributed by atoms with Gasteiger partial charge in [0, 0.05) is 22.6 Å². The molecule has 0 aliphatic carbocycles. The number of nitrogens with one attached hydrogen (secondary N) is 1. The molecule has 6 heteroatoms. The van der Waals surface area contributed by atoms with Crippen LogP contribution >= 0.6 is 40.7 Å². The molecule has 3 rings (SSSR count). The number of benzene rings is 2. The lowest BCUT2D eigenvalue weighted by molar-refractivity contribution is 0.193. The molecule has 1 aliphatic heterocycles. The number of nitrogens with zero attached hydrogens (tertiary/aromatic N) is 1. The van der Waals surface area contributed by atoms with Crippen LogP contribution in [0.25, 0.3) is 0 Å². The maximum atomic E-state index is 6.11. The van der Waals surface area contributed by atoms with Crippen LogP contribution in [0.5, 0.6) is 11.5 Å². The Bertz CT molecular complexity index is 635. The number of piperidine rings is 1. The van der Waals surface area contributed by atoms with Gasteiger partial charge in [0.05, 0.1) is 0 Å². The standard InChI is InChI=1S/C19H23BrN2O.2ClH/c1-21-17-9-11-22(12-10-17)14-15-7-8-16(20)13-19(15)23-18-5-3-2-4-6-18;;/h2-8,13,17,21H,9-12,14H2,1H3;2*1H. The monoisotopic (exact) mass is 446 g/mol. The second-order valence-electron chi connectivity index (χ2n) is 6.01. The third-order valence-electron chi connectivity index (χ3n) is 4.39. The topological polar surface area (TPSA) is 24.5 Å². The lowest BCUT2D eigenvalue weighted by Crippen LogP contribution is -2.40. The number of hydrogen-bond acceptors (Lipinski definition) is 3. The van der Waals surface area contributed by atoms with Crippen LogP contribution in [0.4, 0.5) is 0 Å². The van der Waals surface area contributed by atoms with Crippen LogP contribution in [0.2, 0.25) is 0 Å². The van der Waals surface area contributed by atoms with E-state index in [1.54, 1.807) is 0 Å². The molecule has 138 valence electrons. The number of halogens is 3. The Morgan fingerprint density at radius 1 is 1.08 bits per heavy atom. The van der Waals surface area contributed by atoms with Crippen LogP contribution in [0.15, 0.2) is 53.0 Å². The molecule has 0 saturated carbocycles. The molecule has 1 fully saturated rings. The Morgan fingerprint density at radius 2 is 1.76 bits per heavy atom. The average Bonchev–Trinajstić information content (AvgIpc) is 2.59. The first-order valence-corrected chi connectivity index (χ1v) is 8.95. The highest BCUT2D eigenvalue weighted by Crippen LogP contribution is 2.30. The van der Waals surface area contributed by atoms with Gasteiger partial charge in [0.1, 0.15) is 11.5 Å². The summed E-state index contributed by atoms with van der Waals surface area (Å²) in [6.45, 7) is 3.20. The predicted octanol–water partition coefficient (Wildman–Crippen LogP) is 5.27. The Hall–Kier alpha value is -0.780. The van der Waals surface area contributed by atoms with Gasteiger partial charge in [0.15, 0.2) is 0 Å². The van der Waals surface area contributed by atoms with Crippen molar-refractivity contribution in [3.05, 3.63) is 58.6 Å². The third kappa shape index (κ3) is 6.46. The summed E-state index contributed by atoms with van der Waals surface area (Å²) in [5.41, 5.74) is 1.24. The molecule has 0 atom stereocenters. The summed E-state index contributed by atoms with van der Waals surface area (Å²) in [6, 6.07) is 16.9. The minimum Gasteiger partial charge on any atom is -0.457 e. The maximum absolute atomic E-state index is 6.11. The summed E-state index contributed by atoms with van der Waals surface area (Å²) in [7, 11) is 2.06. The summed E-state index contributed by atoms with van der Waals surface area (Å²) < 4.78 is 7.15. The van der Waals surface area contributed by atoms with Gasteiger partial charge in [-0.05, 0) is 57.2 Å². The SMILES string of the molecule is CNC1CCN(Cc2ccc(Br)cc2Oc2ccccc2)CC1.Cl.Cl. The van der Waals surface area contributed by atoms with Gasteiger partial charge in [-0.3, -0.25) is 4.90 Å². The number of para-hydroxylation sites is 1. The quantitative estimate of drug-likeness (QED) is 0.675. The number of rotatable bonds is 5. The Morgan fingerprint density at radius 3 is 2.40 bits per heavy atom. The molecule has 25 heavy (non-hydrogen) atoms. The number of ether oxygens (including phenoxy) is 1. The molecule has 0 bridgehead atoms. The molecular weight excluding hydrogens is 423 g/mol. The maximum Gasteiger partial charge on any atom is 0.133 e. The van der Waals surface area contributed by atoms with Gasteiger partial charge in [0.2, 0.25) is 0 Å². The Labute approximate surface area is 171 Å². The van der Waals surface area contributed by atoms with E-state index in [0.717, 1.165) is 35.6 Å². The van der Waals surface area contributed by atoms with Crippen molar-refractivity contribution in [1.29, 1.82) is 0 Å². The van der Waals surface area contributed by atoms with Crippen LogP contribution in [0, 0.1) is 0 Å². The Balaban J connectivity index is 0.00000156. The minimum absolute atomic E-state index is 0. The van der Waals surface area contributed by atoms with E-state index in [0.29, 0.717) is 6.04 Å². The smallest absolute Gasteiger partial charge is 0.133 e. The van der Waals surface area contributed by atoms with Gasteiger partial charge in [-0.15, -0.1) is 24.8 Å². The van der Waals surface area contributed by atoms with Crippen molar-refractivity contribution in [2.45, 2.75) is 25.4 Å². The number of likely N-dealkylation sites (tertiary alicyclic amines) is 1. The molecule has 3 nitrogen and oxygen atoms in total. The second kappa shape index (κ2) is 11.0. The highest BCUT2D eigenvalue weighted by molar-refractivity contribution is 9.10. The lowest BCUT2D eigenvalue weighted by Gasteiger charge is -2.32. The summed E-state index contributed by atoms with van der Waals surface area (Å²) >= 11 is 3.55. The molecule has 0 aromatic heterocycles. The lowest BCUT2D eigenvalue weighted by atomic mass is 10.0. The van der Waals surface area contributed by atoms with E-state index in [9.17, 15) is 0 Å². The van der Waals surface area contributed by atoms with Gasteiger partial charge in [-0.25, -0.2) is 0 Å². The summed E-state index contributed by atoms with van der Waals surface area (Å²) in [6.07, 6.45) is 2.42. The molecule has 2 aromatic rings. The van der Waals surface area contributed by atoms with E-state index in [-0.39, 0.29) is 24.8 Å². The summed E-state index contributed by atoms with van der Waals surface area (Å²) in [4.78, 5) is 2.51. The molecule has 1 saturated heterocycles. The zero-order valence-corrected chi connectivity index (χ0v) is 17.5. The van der Waals surface area contributed by atoms with Crippen LogP contribution in [0.3, 0.4) is 0 Å². The highest BCUT2D eigenvalue weighted by Gasteiger charge is 2.19. The van der Waals surface area contributed by atoms with Crippen LogP contribution < -0.4 is 10.1 Å². The molecule has 0 radical (unpaired) electrons. The fourth-order valence-corrected chi connectivity index (χ4v) is 3.33. The normalized spacial score (nSPS) is 15.1. The largest absolute Gasteiger partial charge is 0.457 e. The first kappa shape index (κ1) is 22.3. The molecule has 1 aliphatic rings.